The van der Waals surface area contributed by atoms with Crippen LogP contribution in [0.3, 0.4) is 0 Å². The molecule has 88 valence electrons. The maximum Gasteiger partial charge on any atom is 0.120 e. The number of nitrogens with two attached hydrogens (primary N) is 1. The highest BCUT2D eigenvalue weighted by Crippen LogP contribution is 2.18. The molecular weight excluding hydrogens is 210 g/mol. The van der Waals surface area contributed by atoms with Gasteiger partial charge in [0.15, 0.2) is 0 Å². The molecule has 0 heterocycles. The van der Waals surface area contributed by atoms with E-state index in [1.165, 1.54) is 11.1 Å². The summed E-state index contributed by atoms with van der Waals surface area (Å²) < 4.78 is 5.73. The van der Waals surface area contributed by atoms with Gasteiger partial charge in [-0.2, -0.15) is 0 Å². The van der Waals surface area contributed by atoms with Gasteiger partial charge < -0.3 is 10.5 Å². The maximum absolute atomic E-state index is 5.73. The Labute approximate surface area is 102 Å². The fourth-order valence-corrected chi connectivity index (χ4v) is 1.65. The molecule has 2 nitrogen and oxygen atoms in total. The normalized spacial score (nSPS) is 10.2. The van der Waals surface area contributed by atoms with Gasteiger partial charge in [0.2, 0.25) is 0 Å². The molecule has 2 rings (SSSR count). The number of aryl methyl sites for hydroxylation is 2. The Kier molecular flexibility index (Phi) is 3.33. The van der Waals surface area contributed by atoms with Gasteiger partial charge in [-0.05, 0) is 54.8 Å². The molecule has 2 aromatic carbocycles. The molecule has 2 aromatic rings. The van der Waals surface area contributed by atoms with Gasteiger partial charge in [-0.15, -0.1) is 0 Å². The minimum atomic E-state index is 0.549. The average Bonchev–Trinajstić information content (AvgIpc) is 2.31. The highest BCUT2D eigenvalue weighted by Gasteiger charge is 1.98. The maximum atomic E-state index is 5.73. The molecule has 17 heavy (non-hydrogen) atoms. The molecule has 2 N–H and O–H groups in total. The lowest BCUT2D eigenvalue weighted by Crippen LogP contribution is -1.97. The lowest BCUT2D eigenvalue weighted by atomic mass is 10.1. The molecule has 0 radical (unpaired) electrons. The second kappa shape index (κ2) is 4.91. The van der Waals surface area contributed by atoms with Crippen molar-refractivity contribution in [1.29, 1.82) is 0 Å². The minimum Gasteiger partial charge on any atom is -0.489 e. The summed E-state index contributed by atoms with van der Waals surface area (Å²) in [6, 6.07) is 13.9. The van der Waals surface area contributed by atoms with Crippen LogP contribution in [0.5, 0.6) is 5.75 Å². The molecule has 0 aliphatic rings. The second-order valence-electron chi connectivity index (χ2n) is 4.28. The van der Waals surface area contributed by atoms with Crippen molar-refractivity contribution in [2.45, 2.75) is 20.5 Å². The summed E-state index contributed by atoms with van der Waals surface area (Å²) in [5.74, 6) is 0.899. The third-order valence-electron chi connectivity index (χ3n) is 2.83. The van der Waals surface area contributed by atoms with Crippen molar-refractivity contribution in [2.24, 2.45) is 0 Å². The first-order valence-electron chi connectivity index (χ1n) is 5.69. The molecule has 0 saturated carbocycles. The highest BCUT2D eigenvalue weighted by atomic mass is 16.5. The Morgan fingerprint density at radius 2 is 1.82 bits per heavy atom. The molecular formula is C15H17NO. The summed E-state index contributed by atoms with van der Waals surface area (Å²) >= 11 is 0. The first kappa shape index (κ1) is 11.5. The molecule has 0 fully saturated rings. The van der Waals surface area contributed by atoms with Crippen LogP contribution in [0.2, 0.25) is 0 Å². The van der Waals surface area contributed by atoms with E-state index in [4.69, 9.17) is 10.5 Å². The zero-order valence-electron chi connectivity index (χ0n) is 10.2. The molecule has 0 aliphatic heterocycles. The van der Waals surface area contributed by atoms with Gasteiger partial charge in [-0.3, -0.25) is 0 Å². The second-order valence-corrected chi connectivity index (χ2v) is 4.28. The van der Waals surface area contributed by atoms with Gasteiger partial charge >= 0.3 is 0 Å². The van der Waals surface area contributed by atoms with Crippen LogP contribution >= 0.6 is 0 Å². The molecule has 0 bridgehead atoms. The summed E-state index contributed by atoms with van der Waals surface area (Å²) in [4.78, 5) is 0. The Morgan fingerprint density at radius 3 is 2.53 bits per heavy atom. The zero-order chi connectivity index (χ0) is 12.3. The van der Waals surface area contributed by atoms with Crippen molar-refractivity contribution in [3.8, 4) is 5.75 Å². The van der Waals surface area contributed by atoms with Crippen molar-refractivity contribution in [1.82, 2.24) is 0 Å². The predicted octanol–water partition coefficient (Wildman–Crippen LogP) is 3.46. The van der Waals surface area contributed by atoms with E-state index >= 15 is 0 Å². The van der Waals surface area contributed by atoms with Crippen LogP contribution in [0.4, 0.5) is 5.69 Å². The number of hydrogen-bond donors (Lipinski definition) is 1. The fraction of sp³-hybridized carbons (Fsp3) is 0.200. The Bertz CT molecular complexity index is 520. The van der Waals surface area contributed by atoms with Crippen LogP contribution < -0.4 is 10.5 Å². The lowest BCUT2D eigenvalue weighted by molar-refractivity contribution is 0.306. The van der Waals surface area contributed by atoms with Crippen molar-refractivity contribution in [2.75, 3.05) is 5.73 Å². The quantitative estimate of drug-likeness (QED) is 0.815. The van der Waals surface area contributed by atoms with Crippen LogP contribution in [0, 0.1) is 13.8 Å². The third-order valence-corrected chi connectivity index (χ3v) is 2.83. The standard InChI is InChI=1S/C15H17NO/c1-11-6-7-15(8-12(11)2)17-10-13-4-3-5-14(16)9-13/h3-9H,10,16H2,1-2H3. The van der Waals surface area contributed by atoms with E-state index in [1.54, 1.807) is 0 Å². The minimum absolute atomic E-state index is 0.549. The van der Waals surface area contributed by atoms with Gasteiger partial charge in [-0.1, -0.05) is 18.2 Å². The van der Waals surface area contributed by atoms with Crippen molar-refractivity contribution in [3.05, 3.63) is 59.2 Å². The van der Waals surface area contributed by atoms with Crippen molar-refractivity contribution < 1.29 is 4.74 Å². The first-order chi connectivity index (χ1) is 8.15. The smallest absolute Gasteiger partial charge is 0.120 e. The average molecular weight is 227 g/mol. The highest BCUT2D eigenvalue weighted by molar-refractivity contribution is 5.40. The Morgan fingerprint density at radius 1 is 1.00 bits per heavy atom. The van der Waals surface area contributed by atoms with E-state index in [-0.39, 0.29) is 0 Å². The van der Waals surface area contributed by atoms with Gasteiger partial charge in [0, 0.05) is 5.69 Å². The van der Waals surface area contributed by atoms with E-state index in [0.29, 0.717) is 6.61 Å². The Balaban J connectivity index is 2.05. The molecule has 0 aromatic heterocycles. The third kappa shape index (κ3) is 3.00. The summed E-state index contributed by atoms with van der Waals surface area (Å²) in [6.45, 7) is 4.73. The summed E-state index contributed by atoms with van der Waals surface area (Å²) in [6.07, 6.45) is 0. The number of anilines is 1. The summed E-state index contributed by atoms with van der Waals surface area (Å²) in [5, 5.41) is 0. The molecule has 0 amide bonds. The van der Waals surface area contributed by atoms with Crippen LogP contribution in [0.1, 0.15) is 16.7 Å². The number of ether oxygens (including phenoxy) is 1. The van der Waals surface area contributed by atoms with Crippen molar-refractivity contribution >= 4 is 5.69 Å². The van der Waals surface area contributed by atoms with Gasteiger partial charge in [-0.25, -0.2) is 0 Å². The van der Waals surface area contributed by atoms with Gasteiger partial charge in [0.05, 0.1) is 0 Å². The van der Waals surface area contributed by atoms with Crippen LogP contribution in [0.15, 0.2) is 42.5 Å². The number of nitrogen functional groups attached to an aromatic ring is 1. The first-order valence-corrected chi connectivity index (χ1v) is 5.69. The SMILES string of the molecule is Cc1ccc(OCc2cccc(N)c2)cc1C. The molecule has 0 atom stereocenters. The number of benzene rings is 2. The van der Waals surface area contributed by atoms with Crippen LogP contribution in [-0.2, 0) is 6.61 Å². The largest absolute Gasteiger partial charge is 0.489 e. The van der Waals surface area contributed by atoms with Crippen LogP contribution in [0.25, 0.3) is 0 Å². The molecule has 0 unspecified atom stereocenters. The Hall–Kier alpha value is -1.96. The zero-order valence-corrected chi connectivity index (χ0v) is 10.2. The van der Waals surface area contributed by atoms with E-state index in [2.05, 4.69) is 26.0 Å². The molecule has 0 spiro atoms. The van der Waals surface area contributed by atoms with E-state index in [0.717, 1.165) is 17.0 Å². The number of rotatable bonds is 3. The van der Waals surface area contributed by atoms with Gasteiger partial charge in [0.1, 0.15) is 12.4 Å². The lowest BCUT2D eigenvalue weighted by Gasteiger charge is -2.08. The van der Waals surface area contributed by atoms with Gasteiger partial charge in [0.25, 0.3) is 0 Å². The number of hydrogen-bond acceptors (Lipinski definition) is 2. The summed E-state index contributed by atoms with van der Waals surface area (Å²) in [7, 11) is 0. The van der Waals surface area contributed by atoms with Crippen LogP contribution in [-0.4, -0.2) is 0 Å². The molecule has 0 aliphatic carbocycles. The predicted molar refractivity (Wildman–Crippen MR) is 71.1 cm³/mol. The monoisotopic (exact) mass is 227 g/mol. The topological polar surface area (TPSA) is 35.2 Å². The van der Waals surface area contributed by atoms with E-state index < -0.39 is 0 Å². The molecule has 2 heteroatoms. The van der Waals surface area contributed by atoms with E-state index in [1.807, 2.05) is 30.3 Å². The fourth-order valence-electron chi connectivity index (χ4n) is 1.65. The van der Waals surface area contributed by atoms with E-state index in [9.17, 15) is 0 Å². The van der Waals surface area contributed by atoms with Crippen molar-refractivity contribution in [3.63, 3.8) is 0 Å². The summed E-state index contributed by atoms with van der Waals surface area (Å²) in [5.41, 5.74) is 10.1. The molecule has 0 saturated heterocycles.